The molecule has 0 unspecified atom stereocenters. The maximum Gasteiger partial charge on any atom is 3.00 e. The normalized spacial score (nSPS) is 11.8. The van der Waals surface area contributed by atoms with E-state index in [-0.39, 0.29) is 63.3 Å². The minimum atomic E-state index is 0. The van der Waals surface area contributed by atoms with Gasteiger partial charge < -0.3 is 16.0 Å². The second-order valence-corrected chi connectivity index (χ2v) is 12.3. The molecule has 0 heterocycles. The second-order valence-electron chi connectivity index (χ2n) is 12.3. The summed E-state index contributed by atoms with van der Waals surface area (Å²) in [5.41, 5.74) is 0.712. The summed E-state index contributed by atoms with van der Waals surface area (Å²) in [5, 5.41) is 13.8. The van der Waals surface area contributed by atoms with Gasteiger partial charge in [0, 0.05) is 0 Å². The van der Waals surface area contributed by atoms with Gasteiger partial charge in [0.2, 0.25) is 0 Å². The Bertz CT molecular complexity index is 372. The Morgan fingerprint density at radius 3 is 0.735 bits per heavy atom. The third-order valence-corrected chi connectivity index (χ3v) is 4.48. The standard InChI is InChI=1S/2C9H20N.C8H18N.2C2H6.La/c2*1-7-9(5,6)10-8(2,3)4;1-6-8(4,5)9-7(2)3;2*1-2;/h2*7H2,1-6H3;7H,6H2,1-5H3;2*1-2H3;/q3*-1;;;+3. The van der Waals surface area contributed by atoms with Crippen molar-refractivity contribution in [2.75, 3.05) is 0 Å². The molecule has 0 aliphatic heterocycles. The van der Waals surface area contributed by atoms with Gasteiger partial charge >= 0.3 is 35.6 Å². The summed E-state index contributed by atoms with van der Waals surface area (Å²) >= 11 is 0. The Morgan fingerprint density at radius 1 is 0.471 bits per heavy atom. The van der Waals surface area contributed by atoms with Crippen LogP contribution < -0.4 is 0 Å². The molecule has 3 nitrogen and oxygen atoms in total. The zero-order valence-electron chi connectivity index (χ0n) is 28.1. The van der Waals surface area contributed by atoms with Crippen LogP contribution in [0.5, 0.6) is 0 Å². The van der Waals surface area contributed by atoms with Gasteiger partial charge in [-0.05, 0) is 0 Å². The van der Waals surface area contributed by atoms with Crippen molar-refractivity contribution in [3.05, 3.63) is 16.0 Å². The van der Waals surface area contributed by atoms with Gasteiger partial charge in [0.25, 0.3) is 0 Å². The first-order chi connectivity index (χ1) is 14.5. The predicted octanol–water partition coefficient (Wildman–Crippen LogP) is 11.7. The van der Waals surface area contributed by atoms with Crippen molar-refractivity contribution in [2.45, 2.75) is 198 Å². The van der Waals surface area contributed by atoms with Gasteiger partial charge in [0.15, 0.2) is 0 Å². The Morgan fingerprint density at radius 2 is 0.676 bits per heavy atom. The minimum Gasteiger partial charge on any atom is -0.655 e. The van der Waals surface area contributed by atoms with Gasteiger partial charge in [-0.1, -0.05) is 165 Å². The molecule has 0 atom stereocenters. The summed E-state index contributed by atoms with van der Waals surface area (Å²) in [5.74, 6) is 0. The molecule has 34 heavy (non-hydrogen) atoms. The van der Waals surface area contributed by atoms with Crippen molar-refractivity contribution in [1.82, 2.24) is 0 Å². The Hall–Kier alpha value is 1.07. The maximum atomic E-state index is 4.66. The van der Waals surface area contributed by atoms with E-state index in [0.717, 1.165) is 19.3 Å². The van der Waals surface area contributed by atoms with E-state index in [2.05, 4.69) is 134 Å². The maximum absolute atomic E-state index is 4.66. The topological polar surface area (TPSA) is 42.3 Å². The average Bonchev–Trinajstić information content (AvgIpc) is 2.61. The van der Waals surface area contributed by atoms with E-state index < -0.39 is 0 Å². The molecule has 0 saturated carbocycles. The summed E-state index contributed by atoms with van der Waals surface area (Å²) in [6, 6.07) is 0.472. The third-order valence-electron chi connectivity index (χ3n) is 4.48. The molecule has 0 saturated heterocycles. The van der Waals surface area contributed by atoms with E-state index in [9.17, 15) is 0 Å². The summed E-state index contributed by atoms with van der Waals surface area (Å²) in [6.07, 6.45) is 3.36. The van der Waals surface area contributed by atoms with Crippen LogP contribution in [0.15, 0.2) is 0 Å². The molecule has 0 bridgehead atoms. The fourth-order valence-corrected chi connectivity index (χ4v) is 2.76. The minimum absolute atomic E-state index is 0. The molecule has 0 rings (SSSR count). The summed E-state index contributed by atoms with van der Waals surface area (Å²) in [6.45, 7) is 44.7. The summed E-state index contributed by atoms with van der Waals surface area (Å²) in [7, 11) is 0. The predicted molar refractivity (Wildman–Crippen MR) is 161 cm³/mol. The zero-order valence-corrected chi connectivity index (χ0v) is 31.7. The SMILES string of the molecule is CC.CC.CCC(C)(C)[N-]C(C)(C)C.CCC(C)(C)[N-]C(C)(C)C.CCC(C)(C)[N-]C(C)C.[La+3]. The molecule has 0 aromatic heterocycles. The molecule has 0 aliphatic rings. The van der Waals surface area contributed by atoms with Crippen LogP contribution in [0.4, 0.5) is 0 Å². The van der Waals surface area contributed by atoms with Crippen molar-refractivity contribution in [1.29, 1.82) is 0 Å². The van der Waals surface area contributed by atoms with Gasteiger partial charge in [-0.2, -0.15) is 0 Å². The fraction of sp³-hybridized carbons (Fsp3) is 1.00. The molecule has 0 amide bonds. The number of rotatable bonds is 7. The third kappa shape index (κ3) is 46.4. The quantitative estimate of drug-likeness (QED) is 0.275. The monoisotopic (exact) mass is 611 g/mol. The van der Waals surface area contributed by atoms with E-state index in [0.29, 0.717) is 6.04 Å². The molecule has 4 heteroatoms. The fourth-order valence-electron chi connectivity index (χ4n) is 2.76. The van der Waals surface area contributed by atoms with Gasteiger partial charge in [0.05, 0.1) is 0 Å². The average molecular weight is 612 g/mol. The molecular weight excluding hydrogens is 541 g/mol. The van der Waals surface area contributed by atoms with Crippen LogP contribution in [-0.2, 0) is 0 Å². The summed E-state index contributed by atoms with van der Waals surface area (Å²) in [4.78, 5) is 0. The second kappa shape index (κ2) is 23.2. The van der Waals surface area contributed by atoms with Crippen molar-refractivity contribution < 1.29 is 35.6 Å². The number of hydrogen-bond acceptors (Lipinski definition) is 0. The first kappa shape index (κ1) is 48.2. The van der Waals surface area contributed by atoms with Crippen molar-refractivity contribution in [3.8, 4) is 0 Å². The number of hydrogen-bond donors (Lipinski definition) is 0. The van der Waals surface area contributed by atoms with Crippen molar-refractivity contribution >= 4 is 0 Å². The van der Waals surface area contributed by atoms with E-state index in [1.54, 1.807) is 0 Å². The molecule has 208 valence electrons. The van der Waals surface area contributed by atoms with Crippen LogP contribution in [-0.4, -0.2) is 33.7 Å². The van der Waals surface area contributed by atoms with E-state index >= 15 is 0 Å². The van der Waals surface area contributed by atoms with Crippen LogP contribution in [0.1, 0.15) is 165 Å². The van der Waals surface area contributed by atoms with Gasteiger partial charge in [0.1, 0.15) is 0 Å². The van der Waals surface area contributed by atoms with E-state index in [1.165, 1.54) is 0 Å². The molecule has 0 fully saturated rings. The molecular formula is C30H70LaN3. The zero-order chi connectivity index (χ0) is 28.3. The number of nitrogens with zero attached hydrogens (tertiary/aromatic N) is 3. The molecule has 0 spiro atoms. The van der Waals surface area contributed by atoms with Crippen LogP contribution >= 0.6 is 0 Å². The van der Waals surface area contributed by atoms with Crippen molar-refractivity contribution in [3.63, 3.8) is 0 Å². The van der Waals surface area contributed by atoms with E-state index in [4.69, 9.17) is 0 Å². The molecule has 0 radical (unpaired) electrons. The largest absolute Gasteiger partial charge is 3.00 e. The smallest absolute Gasteiger partial charge is 0.655 e. The van der Waals surface area contributed by atoms with Crippen molar-refractivity contribution in [2.24, 2.45) is 0 Å². The molecule has 0 aliphatic carbocycles. The Kier molecular flexibility index (Phi) is 32.9. The van der Waals surface area contributed by atoms with Gasteiger partial charge in [-0.25, -0.2) is 0 Å². The molecule has 0 N–H and O–H groups in total. The summed E-state index contributed by atoms with van der Waals surface area (Å²) < 4.78 is 0. The Labute approximate surface area is 248 Å². The van der Waals surface area contributed by atoms with Gasteiger partial charge in [-0.15, -0.1) is 33.7 Å². The van der Waals surface area contributed by atoms with Crippen LogP contribution in [0.2, 0.25) is 0 Å². The first-order valence-corrected chi connectivity index (χ1v) is 13.7. The van der Waals surface area contributed by atoms with Gasteiger partial charge in [-0.3, -0.25) is 0 Å². The molecule has 0 aromatic rings. The Balaban J connectivity index is -0.0000000793. The van der Waals surface area contributed by atoms with Crippen LogP contribution in [0, 0.1) is 35.6 Å². The van der Waals surface area contributed by atoms with E-state index in [1.807, 2.05) is 27.7 Å². The first-order valence-electron chi connectivity index (χ1n) is 13.7. The molecule has 0 aromatic carbocycles. The van der Waals surface area contributed by atoms with Crippen LogP contribution in [0.3, 0.4) is 0 Å². The van der Waals surface area contributed by atoms with Crippen LogP contribution in [0.25, 0.3) is 16.0 Å².